The highest BCUT2D eigenvalue weighted by Crippen LogP contribution is 2.35. The van der Waals surface area contributed by atoms with E-state index >= 15 is 0 Å². The molecule has 3 aliphatic rings. The first-order valence-corrected chi connectivity index (χ1v) is 18.2. The zero-order valence-electron chi connectivity index (χ0n) is 33.2. The summed E-state index contributed by atoms with van der Waals surface area (Å²) in [7, 11) is 0. The predicted octanol–water partition coefficient (Wildman–Crippen LogP) is 10.2. The van der Waals surface area contributed by atoms with Crippen LogP contribution in [0.4, 0.5) is 17.1 Å². The maximum absolute atomic E-state index is 4.60. The van der Waals surface area contributed by atoms with Crippen molar-refractivity contribution in [1.82, 2.24) is 29.5 Å². The number of hydrogen-bond donors (Lipinski definition) is 0. The highest BCUT2D eigenvalue weighted by atomic mass is 15.1. The van der Waals surface area contributed by atoms with Gasteiger partial charge in [-0.05, 0) is 74.2 Å². The highest BCUT2D eigenvalue weighted by molar-refractivity contribution is 5.96. The van der Waals surface area contributed by atoms with E-state index in [1.807, 2.05) is 55.4 Å². The van der Waals surface area contributed by atoms with E-state index in [1.54, 1.807) is 6.20 Å². The summed E-state index contributed by atoms with van der Waals surface area (Å²) in [6.07, 6.45) is 13.9. The lowest BCUT2D eigenvalue weighted by Gasteiger charge is -2.20. The van der Waals surface area contributed by atoms with Gasteiger partial charge >= 0.3 is 0 Å². The van der Waals surface area contributed by atoms with Gasteiger partial charge in [0.25, 0.3) is 0 Å². The molecule has 0 saturated heterocycles. The van der Waals surface area contributed by atoms with Crippen LogP contribution >= 0.6 is 0 Å². The van der Waals surface area contributed by atoms with Crippen molar-refractivity contribution < 1.29 is 0 Å². The molecule has 3 aliphatic heterocycles. The Hall–Kier alpha value is -4.92. The van der Waals surface area contributed by atoms with Crippen LogP contribution in [0.2, 0.25) is 0 Å². The summed E-state index contributed by atoms with van der Waals surface area (Å²) < 4.78 is 2.09. The van der Waals surface area contributed by atoms with Crippen molar-refractivity contribution in [2.75, 3.05) is 0 Å². The fourth-order valence-corrected chi connectivity index (χ4v) is 5.81. The third kappa shape index (κ3) is 9.29. The Morgan fingerprint density at radius 1 is 0.577 bits per heavy atom. The molecular formula is C43H55N9. The van der Waals surface area contributed by atoms with E-state index in [0.29, 0.717) is 0 Å². The molecule has 0 atom stereocenters. The molecule has 5 aromatic rings. The van der Waals surface area contributed by atoms with Crippen molar-refractivity contribution in [1.29, 1.82) is 0 Å². The zero-order valence-corrected chi connectivity index (χ0v) is 33.2. The molecule has 5 aromatic heterocycles. The molecular weight excluding hydrogens is 643 g/mol. The van der Waals surface area contributed by atoms with E-state index in [-0.39, 0.29) is 21.8 Å². The van der Waals surface area contributed by atoms with Gasteiger partial charge < -0.3 is 4.57 Å². The van der Waals surface area contributed by atoms with Gasteiger partial charge in [0, 0.05) is 78.1 Å². The maximum Gasteiger partial charge on any atom is 0.160 e. The van der Waals surface area contributed by atoms with Gasteiger partial charge in [-0.15, -0.1) is 0 Å². The molecule has 0 spiro atoms. The summed E-state index contributed by atoms with van der Waals surface area (Å²) in [5.74, 6) is 0. The van der Waals surface area contributed by atoms with Crippen molar-refractivity contribution in [3.8, 4) is 0 Å². The normalized spacial score (nSPS) is 14.3. The Kier molecular flexibility index (Phi) is 11.0. The van der Waals surface area contributed by atoms with Gasteiger partial charge in [0.15, 0.2) is 5.65 Å². The number of hydrogen-bond acceptors (Lipinski definition) is 8. The van der Waals surface area contributed by atoms with Gasteiger partial charge in [0.05, 0.1) is 40.5 Å². The third-order valence-electron chi connectivity index (χ3n) is 8.90. The summed E-state index contributed by atoms with van der Waals surface area (Å²) in [4.78, 5) is 35.0. The van der Waals surface area contributed by atoms with Crippen LogP contribution in [0.25, 0.3) is 11.2 Å². The van der Waals surface area contributed by atoms with Crippen molar-refractivity contribution in [2.24, 2.45) is 20.4 Å². The van der Waals surface area contributed by atoms with Gasteiger partial charge in [-0.2, -0.15) is 0 Å². The predicted molar refractivity (Wildman–Crippen MR) is 217 cm³/mol. The average Bonchev–Trinajstić information content (AvgIpc) is 3.89. The van der Waals surface area contributed by atoms with E-state index in [9.17, 15) is 0 Å². The Morgan fingerprint density at radius 2 is 1.25 bits per heavy atom. The molecule has 0 radical (unpaired) electrons. The molecule has 0 amide bonds. The number of pyridine rings is 4. The molecule has 272 valence electrons. The minimum atomic E-state index is 0.0447. The second-order valence-electron chi connectivity index (χ2n) is 17.4. The van der Waals surface area contributed by atoms with Gasteiger partial charge in [-0.25, -0.2) is 9.97 Å². The molecule has 52 heavy (non-hydrogen) atoms. The van der Waals surface area contributed by atoms with E-state index in [0.717, 1.165) is 70.3 Å². The minimum Gasteiger partial charge on any atom is -0.310 e. The molecule has 9 heteroatoms. The number of aromatic nitrogens is 6. The molecule has 0 bridgehead atoms. The van der Waals surface area contributed by atoms with E-state index < -0.39 is 0 Å². The first-order valence-electron chi connectivity index (χ1n) is 18.2. The summed E-state index contributed by atoms with van der Waals surface area (Å²) in [6, 6.07) is 14.1. The monoisotopic (exact) mass is 697 g/mol. The number of fused-ring (bicyclic) bond motifs is 4. The van der Waals surface area contributed by atoms with E-state index in [4.69, 9.17) is 0 Å². The second-order valence-corrected chi connectivity index (χ2v) is 17.4. The molecule has 0 N–H and O–H groups in total. The van der Waals surface area contributed by atoms with Crippen molar-refractivity contribution in [2.45, 2.75) is 119 Å². The number of imidazole rings is 1. The van der Waals surface area contributed by atoms with Crippen LogP contribution < -0.4 is 0 Å². The molecule has 0 aliphatic carbocycles. The summed E-state index contributed by atoms with van der Waals surface area (Å²) >= 11 is 0. The molecule has 0 aromatic carbocycles. The lowest BCUT2D eigenvalue weighted by molar-refractivity contribution is 0.406. The first-order chi connectivity index (χ1) is 24.3. The van der Waals surface area contributed by atoms with Gasteiger partial charge in [0.1, 0.15) is 5.52 Å². The topological polar surface area (TPSA) is 106 Å². The minimum absolute atomic E-state index is 0.0447. The highest BCUT2D eigenvalue weighted by Gasteiger charge is 2.25. The summed E-state index contributed by atoms with van der Waals surface area (Å²) in [6.45, 7) is 26.2. The fourth-order valence-electron chi connectivity index (χ4n) is 5.81. The summed E-state index contributed by atoms with van der Waals surface area (Å²) in [5, 5.41) is 0. The smallest absolute Gasteiger partial charge is 0.160 e. The van der Waals surface area contributed by atoms with E-state index in [2.05, 4.69) is 146 Å². The van der Waals surface area contributed by atoms with Crippen LogP contribution in [-0.4, -0.2) is 47.6 Å². The van der Waals surface area contributed by atoms with Crippen LogP contribution in [-0.2, 0) is 35.6 Å². The Morgan fingerprint density at radius 3 is 1.92 bits per heavy atom. The second kappa shape index (κ2) is 15.0. The molecule has 8 rings (SSSR count). The molecule has 8 heterocycles. The summed E-state index contributed by atoms with van der Waals surface area (Å²) in [5.41, 5.74) is 12.6. The van der Waals surface area contributed by atoms with Crippen LogP contribution in [0.3, 0.4) is 0 Å². The zero-order chi connectivity index (χ0) is 37.9. The van der Waals surface area contributed by atoms with Crippen LogP contribution in [0, 0.1) is 5.41 Å². The largest absolute Gasteiger partial charge is 0.310 e. The maximum atomic E-state index is 4.60. The lowest BCUT2D eigenvalue weighted by Crippen LogP contribution is -2.20. The van der Waals surface area contributed by atoms with E-state index in [1.165, 1.54) is 11.3 Å². The molecule has 0 fully saturated rings. The third-order valence-corrected chi connectivity index (χ3v) is 8.90. The number of aliphatic imine (C=N–C) groups is 3. The fraction of sp³-hybridized carbons (Fsp3) is 0.442. The number of nitrogens with zero attached hydrogens (tertiary/aromatic N) is 9. The average molecular weight is 698 g/mol. The van der Waals surface area contributed by atoms with Crippen molar-refractivity contribution >= 4 is 46.4 Å². The van der Waals surface area contributed by atoms with Gasteiger partial charge in [-0.1, -0.05) is 62.3 Å². The molecule has 9 nitrogen and oxygen atoms in total. The van der Waals surface area contributed by atoms with Crippen molar-refractivity contribution in [3.05, 3.63) is 95.7 Å². The van der Waals surface area contributed by atoms with Crippen LogP contribution in [0.1, 0.15) is 111 Å². The Bertz CT molecular complexity index is 2110. The first kappa shape index (κ1) is 38.3. The quantitative estimate of drug-likeness (QED) is 0.160. The number of rotatable bonds is 0. The van der Waals surface area contributed by atoms with Crippen molar-refractivity contribution in [3.63, 3.8) is 0 Å². The molecule has 0 unspecified atom stereocenters. The van der Waals surface area contributed by atoms with Crippen LogP contribution in [0.15, 0.2) is 82.4 Å². The molecule has 0 saturated carbocycles. The SMILES string of the molecule is CC(C)(C)C1=Nc2cccnc2C1.CC(C)(C)c1ccc2c(n1)CC=N2.CC(C)(C)c1ccnc2c1N=CC2.CC(C)(C)n1cnc2cccnc21. The Balaban J connectivity index is 0.000000134. The standard InChI is InChI=1S/3C11H14N2.C10H13N3/c1-11(2,3)8-4-6-12-9-5-7-13-10(8)9;1-11(2,3)10-5-4-8-9(13-10)6-7-12-8;1-11(2,3)10-7-9-8(13-10)5-4-6-12-9;1-10(2,3)13-7-12-8-5-4-6-11-9(8)13/h4,6-7H,5H2,1-3H3;4-5,7H,6H2,1-3H3;4-6H,7H2,1-3H3;4-7H,1-3H3. The lowest BCUT2D eigenvalue weighted by atomic mass is 9.86. The Labute approximate surface area is 310 Å². The van der Waals surface area contributed by atoms with Gasteiger partial charge in [-0.3, -0.25) is 29.9 Å². The van der Waals surface area contributed by atoms with Gasteiger partial charge in [0.2, 0.25) is 0 Å². The van der Waals surface area contributed by atoms with Crippen LogP contribution in [0.5, 0.6) is 0 Å².